The van der Waals surface area contributed by atoms with Gasteiger partial charge in [0.15, 0.2) is 0 Å². The quantitative estimate of drug-likeness (QED) is 0.726. The van der Waals surface area contributed by atoms with Crippen molar-refractivity contribution in [3.63, 3.8) is 0 Å². The lowest BCUT2D eigenvalue weighted by molar-refractivity contribution is -0.117. The summed E-state index contributed by atoms with van der Waals surface area (Å²) < 4.78 is 9.81. The zero-order chi connectivity index (χ0) is 19.4. The molecule has 2 amide bonds. The smallest absolute Gasteiger partial charge is 0.411 e. The van der Waals surface area contributed by atoms with Gasteiger partial charge >= 0.3 is 6.09 Å². The number of anilines is 1. The number of rotatable bonds is 3. The third kappa shape index (κ3) is 3.87. The normalized spacial score (nSPS) is 17.6. The van der Waals surface area contributed by atoms with E-state index in [-0.39, 0.29) is 17.6 Å². The van der Waals surface area contributed by atoms with Gasteiger partial charge in [-0.15, -0.1) is 0 Å². The molecule has 0 aromatic heterocycles. The van der Waals surface area contributed by atoms with Crippen LogP contribution in [-0.4, -0.2) is 26.2 Å². The highest BCUT2D eigenvalue weighted by atomic mass is 16.5. The second kappa shape index (κ2) is 7.82. The van der Waals surface area contributed by atoms with Gasteiger partial charge in [0.2, 0.25) is 0 Å². The molecule has 2 aromatic carbocycles. The van der Waals surface area contributed by atoms with Crippen LogP contribution in [0, 0.1) is 0 Å². The van der Waals surface area contributed by atoms with Gasteiger partial charge < -0.3 is 20.1 Å². The Labute approximate surface area is 157 Å². The first-order valence-electron chi connectivity index (χ1n) is 8.40. The Morgan fingerprint density at radius 1 is 1.07 bits per heavy atom. The fourth-order valence-electron chi connectivity index (χ4n) is 2.92. The largest absolute Gasteiger partial charge is 0.497 e. The summed E-state index contributed by atoms with van der Waals surface area (Å²) in [7, 11) is 2.87. The molecule has 0 fully saturated rings. The number of nitrogens with one attached hydrogen (secondary N) is 3. The van der Waals surface area contributed by atoms with E-state index in [0.29, 0.717) is 5.70 Å². The molecule has 1 aliphatic rings. The molecular weight excluding hydrogens is 346 g/mol. The van der Waals surface area contributed by atoms with Crippen molar-refractivity contribution in [2.75, 3.05) is 19.5 Å². The Morgan fingerprint density at radius 2 is 1.78 bits per heavy atom. The molecule has 3 rings (SSSR count). The molecule has 1 aliphatic heterocycles. The maximum absolute atomic E-state index is 12.9. The van der Waals surface area contributed by atoms with Crippen molar-refractivity contribution >= 4 is 17.7 Å². The first kappa shape index (κ1) is 18.3. The van der Waals surface area contributed by atoms with Crippen molar-refractivity contribution in [3.05, 3.63) is 71.1 Å². The molecule has 0 bridgehead atoms. The molecule has 2 aromatic rings. The highest BCUT2D eigenvalue weighted by Gasteiger charge is 2.27. The van der Waals surface area contributed by atoms with E-state index in [9.17, 15) is 9.59 Å². The molecular formula is C20H21N3O4. The molecule has 140 valence electrons. The van der Waals surface area contributed by atoms with E-state index in [1.165, 1.54) is 7.11 Å². The van der Waals surface area contributed by atoms with Gasteiger partial charge in [-0.05, 0) is 30.7 Å². The maximum Gasteiger partial charge on any atom is 0.411 e. The van der Waals surface area contributed by atoms with Crippen molar-refractivity contribution in [1.82, 2.24) is 10.6 Å². The number of carbonyl (C=O) groups is 2. The summed E-state index contributed by atoms with van der Waals surface area (Å²) in [5.41, 5.74) is 3.22. The second-order valence-corrected chi connectivity index (χ2v) is 6.01. The van der Waals surface area contributed by atoms with Crippen LogP contribution in [0.2, 0.25) is 0 Å². The van der Waals surface area contributed by atoms with E-state index in [1.54, 1.807) is 14.0 Å². The van der Waals surface area contributed by atoms with E-state index in [2.05, 4.69) is 20.7 Å². The van der Waals surface area contributed by atoms with Crippen LogP contribution < -0.4 is 20.7 Å². The van der Waals surface area contributed by atoms with E-state index >= 15 is 0 Å². The molecule has 7 heteroatoms. The van der Waals surface area contributed by atoms with E-state index in [1.807, 2.05) is 48.5 Å². The minimum atomic E-state index is -0.640. The molecule has 0 radical (unpaired) electrons. The minimum absolute atomic E-state index is 0.254. The monoisotopic (exact) mass is 367 g/mol. The van der Waals surface area contributed by atoms with Gasteiger partial charge in [-0.3, -0.25) is 10.1 Å². The topological polar surface area (TPSA) is 88.7 Å². The second-order valence-electron chi connectivity index (χ2n) is 6.01. The van der Waals surface area contributed by atoms with Crippen molar-refractivity contribution in [1.29, 1.82) is 0 Å². The molecule has 1 heterocycles. The van der Waals surface area contributed by atoms with Crippen LogP contribution >= 0.6 is 0 Å². The summed E-state index contributed by atoms with van der Waals surface area (Å²) in [6.07, 6.45) is -0.640. The highest BCUT2D eigenvalue weighted by Crippen LogP contribution is 2.33. The number of alkyl carbamates (subject to hydrolysis) is 1. The number of hydrogen-bond donors (Lipinski definition) is 3. The van der Waals surface area contributed by atoms with Crippen LogP contribution in [0.1, 0.15) is 24.1 Å². The summed E-state index contributed by atoms with van der Waals surface area (Å²) in [4.78, 5) is 24.4. The van der Waals surface area contributed by atoms with Gasteiger partial charge in [-0.25, -0.2) is 4.79 Å². The fraction of sp³-hybridized carbons (Fsp3) is 0.200. The average molecular weight is 367 g/mol. The number of ether oxygens (including phenoxy) is 2. The lowest BCUT2D eigenvalue weighted by atomic mass is 9.97. The SMILES string of the molecule is COC(=O)N/C(C)=C1/Nc2ccccc2C(c2ccc(OC)cc2)NC1=O. The molecule has 1 atom stereocenters. The van der Waals surface area contributed by atoms with E-state index in [4.69, 9.17) is 4.74 Å². The first-order valence-corrected chi connectivity index (χ1v) is 8.40. The number of hydrogen-bond acceptors (Lipinski definition) is 5. The summed E-state index contributed by atoms with van der Waals surface area (Å²) in [5, 5.41) is 8.69. The van der Waals surface area contributed by atoms with Gasteiger partial charge in [-0.2, -0.15) is 0 Å². The molecule has 0 aliphatic carbocycles. The molecule has 7 nitrogen and oxygen atoms in total. The van der Waals surface area contributed by atoms with Crippen LogP contribution in [0.15, 0.2) is 59.9 Å². The molecule has 3 N–H and O–H groups in total. The Bertz CT molecular complexity index is 890. The number of methoxy groups -OCH3 is 2. The zero-order valence-electron chi connectivity index (χ0n) is 15.3. The summed E-state index contributed by atoms with van der Waals surface area (Å²) >= 11 is 0. The third-order valence-corrected chi connectivity index (χ3v) is 4.33. The lowest BCUT2D eigenvalue weighted by Crippen LogP contribution is -2.33. The summed E-state index contributed by atoms with van der Waals surface area (Å²) in [6, 6.07) is 14.8. The number of fused-ring (bicyclic) bond motifs is 1. The van der Waals surface area contributed by atoms with Gasteiger partial charge in [0, 0.05) is 16.9 Å². The summed E-state index contributed by atoms with van der Waals surface area (Å²) in [5.74, 6) is 0.407. The van der Waals surface area contributed by atoms with Crippen molar-refractivity contribution in [2.24, 2.45) is 0 Å². The van der Waals surface area contributed by atoms with Crippen LogP contribution in [0.5, 0.6) is 5.75 Å². The van der Waals surface area contributed by atoms with Crippen LogP contribution in [0.4, 0.5) is 10.5 Å². The first-order chi connectivity index (χ1) is 13.0. The Morgan fingerprint density at radius 3 is 2.44 bits per heavy atom. The lowest BCUT2D eigenvalue weighted by Gasteiger charge is -2.18. The van der Waals surface area contributed by atoms with Gasteiger partial charge in [0.05, 0.1) is 20.3 Å². The van der Waals surface area contributed by atoms with Gasteiger partial charge in [-0.1, -0.05) is 30.3 Å². The van der Waals surface area contributed by atoms with E-state index < -0.39 is 6.09 Å². The van der Waals surface area contributed by atoms with Crippen molar-refractivity contribution in [3.8, 4) is 5.75 Å². The molecule has 0 saturated carbocycles. The number of carbonyl (C=O) groups excluding carboxylic acids is 2. The average Bonchev–Trinajstić information content (AvgIpc) is 2.84. The van der Waals surface area contributed by atoms with E-state index in [0.717, 1.165) is 22.6 Å². The predicted molar refractivity (Wildman–Crippen MR) is 101 cm³/mol. The molecule has 0 spiro atoms. The van der Waals surface area contributed by atoms with Crippen molar-refractivity contribution in [2.45, 2.75) is 13.0 Å². The van der Waals surface area contributed by atoms with Crippen molar-refractivity contribution < 1.29 is 19.1 Å². The number of benzene rings is 2. The summed E-state index contributed by atoms with van der Waals surface area (Å²) in [6.45, 7) is 1.63. The third-order valence-electron chi connectivity index (χ3n) is 4.33. The number of para-hydroxylation sites is 1. The zero-order valence-corrected chi connectivity index (χ0v) is 15.3. The Hall–Kier alpha value is -3.48. The van der Waals surface area contributed by atoms with Crippen LogP contribution in [0.25, 0.3) is 0 Å². The van der Waals surface area contributed by atoms with Crippen LogP contribution in [-0.2, 0) is 9.53 Å². The van der Waals surface area contributed by atoms with Gasteiger partial charge in [0.1, 0.15) is 11.4 Å². The minimum Gasteiger partial charge on any atom is -0.497 e. The number of allylic oxidation sites excluding steroid dienone is 1. The standard InChI is InChI=1S/C20H21N3O4/c1-12(21-20(25)27-3)17-19(24)23-18(13-8-10-14(26-2)11-9-13)15-6-4-5-7-16(15)22-17/h4-11,18,22H,1-3H3,(H,21,25)(H,23,24)/b17-12+. The maximum atomic E-state index is 12.9. The molecule has 27 heavy (non-hydrogen) atoms. The Kier molecular flexibility index (Phi) is 5.30. The fourth-order valence-corrected chi connectivity index (χ4v) is 2.92. The number of amides is 2. The molecule has 1 unspecified atom stereocenters. The highest BCUT2D eigenvalue weighted by molar-refractivity contribution is 5.99. The predicted octanol–water partition coefficient (Wildman–Crippen LogP) is 2.91. The molecule has 0 saturated heterocycles. The van der Waals surface area contributed by atoms with Crippen LogP contribution in [0.3, 0.4) is 0 Å². The Balaban J connectivity index is 2.03. The van der Waals surface area contributed by atoms with Gasteiger partial charge in [0.25, 0.3) is 5.91 Å².